The van der Waals surface area contributed by atoms with Crippen molar-refractivity contribution in [3.05, 3.63) is 45.5 Å². The second-order valence-electron chi connectivity index (χ2n) is 3.82. The molecule has 0 saturated carbocycles. The minimum absolute atomic E-state index is 0.0716. The molecule has 0 aliphatic rings. The van der Waals surface area contributed by atoms with Crippen molar-refractivity contribution >= 4 is 11.6 Å². The summed E-state index contributed by atoms with van der Waals surface area (Å²) in [5.74, 6) is -10.2. The fourth-order valence-corrected chi connectivity index (χ4v) is 1.74. The van der Waals surface area contributed by atoms with Crippen LogP contribution in [0.3, 0.4) is 0 Å². The molecule has 0 aliphatic heterocycles. The fourth-order valence-electron chi connectivity index (χ4n) is 1.62. The quantitative estimate of drug-likeness (QED) is 0.444. The summed E-state index contributed by atoms with van der Waals surface area (Å²) in [6.07, 6.45) is 0. The van der Waals surface area contributed by atoms with Crippen LogP contribution in [0.15, 0.2) is 0 Å². The first-order chi connectivity index (χ1) is 8.77. The Kier molecular flexibility index (Phi) is 3.25. The highest BCUT2D eigenvalue weighted by Gasteiger charge is 2.28. The van der Waals surface area contributed by atoms with Crippen molar-refractivity contribution in [2.75, 3.05) is 0 Å². The number of hydrogen-bond acceptors (Lipinski definition) is 1. The number of nitrogens with zero attached hydrogens (tertiary/aromatic N) is 2. The molecule has 19 heavy (non-hydrogen) atoms. The molecule has 0 spiro atoms. The van der Waals surface area contributed by atoms with Gasteiger partial charge in [-0.05, 0) is 13.8 Å². The third kappa shape index (κ3) is 1.88. The largest absolute Gasteiger partial charge is 0.230 e. The summed E-state index contributed by atoms with van der Waals surface area (Å²) >= 11 is 5.77. The van der Waals surface area contributed by atoms with E-state index in [4.69, 9.17) is 11.6 Å². The van der Waals surface area contributed by atoms with Gasteiger partial charge in [-0.1, -0.05) is 11.6 Å². The normalized spacial score (nSPS) is 11.2. The summed E-state index contributed by atoms with van der Waals surface area (Å²) in [7, 11) is 0. The van der Waals surface area contributed by atoms with E-state index in [1.54, 1.807) is 0 Å². The highest BCUT2D eigenvalue weighted by atomic mass is 35.5. The highest BCUT2D eigenvalue weighted by Crippen LogP contribution is 2.29. The van der Waals surface area contributed by atoms with Crippen LogP contribution >= 0.6 is 11.6 Å². The average molecular weight is 297 g/mol. The SMILES string of the molecule is Cc1nn(-c2c(F)c(F)c(F)c(F)c2F)c(C)c1Cl. The maximum atomic E-state index is 13.6. The van der Waals surface area contributed by atoms with E-state index in [-0.39, 0.29) is 16.4 Å². The van der Waals surface area contributed by atoms with E-state index in [9.17, 15) is 22.0 Å². The summed E-state index contributed by atoms with van der Waals surface area (Å²) in [4.78, 5) is 0. The molecule has 102 valence electrons. The van der Waals surface area contributed by atoms with Gasteiger partial charge in [-0.15, -0.1) is 0 Å². The van der Waals surface area contributed by atoms with Crippen LogP contribution in [-0.4, -0.2) is 9.78 Å². The topological polar surface area (TPSA) is 17.8 Å². The smallest absolute Gasteiger partial charge is 0.200 e. The summed E-state index contributed by atoms with van der Waals surface area (Å²) in [6.45, 7) is 2.79. The Labute approximate surface area is 109 Å². The minimum Gasteiger partial charge on any atom is -0.230 e. The van der Waals surface area contributed by atoms with E-state index in [1.165, 1.54) is 13.8 Å². The van der Waals surface area contributed by atoms with Gasteiger partial charge in [-0.3, -0.25) is 0 Å². The molecule has 1 heterocycles. The number of aromatic nitrogens is 2. The van der Waals surface area contributed by atoms with E-state index in [0.717, 1.165) is 0 Å². The first-order valence-electron chi connectivity index (χ1n) is 5.00. The molecule has 0 unspecified atom stereocenters. The van der Waals surface area contributed by atoms with Crippen molar-refractivity contribution in [2.45, 2.75) is 13.8 Å². The molecule has 1 aromatic heterocycles. The minimum atomic E-state index is -2.22. The third-order valence-electron chi connectivity index (χ3n) is 2.60. The summed E-state index contributed by atoms with van der Waals surface area (Å²) in [5.41, 5.74) is -0.866. The van der Waals surface area contributed by atoms with Gasteiger partial charge in [0.2, 0.25) is 5.82 Å². The monoisotopic (exact) mass is 296 g/mol. The zero-order valence-electron chi connectivity index (χ0n) is 9.66. The van der Waals surface area contributed by atoms with Crippen LogP contribution in [0.5, 0.6) is 0 Å². The van der Waals surface area contributed by atoms with Gasteiger partial charge in [0, 0.05) is 0 Å². The van der Waals surface area contributed by atoms with Crippen LogP contribution in [0.1, 0.15) is 11.4 Å². The molecule has 0 radical (unpaired) electrons. The first kappa shape index (κ1) is 13.8. The zero-order chi connectivity index (χ0) is 14.5. The maximum Gasteiger partial charge on any atom is 0.200 e. The second-order valence-corrected chi connectivity index (χ2v) is 4.19. The van der Waals surface area contributed by atoms with E-state index in [1.807, 2.05) is 0 Å². The first-order valence-corrected chi connectivity index (χ1v) is 5.38. The lowest BCUT2D eigenvalue weighted by Gasteiger charge is -2.09. The van der Waals surface area contributed by atoms with Crippen LogP contribution in [0.25, 0.3) is 5.69 Å². The van der Waals surface area contributed by atoms with Crippen molar-refractivity contribution in [1.29, 1.82) is 0 Å². The summed E-state index contributed by atoms with van der Waals surface area (Å²) < 4.78 is 66.9. The van der Waals surface area contributed by atoms with Crippen molar-refractivity contribution in [3.8, 4) is 5.69 Å². The Balaban J connectivity index is 2.87. The van der Waals surface area contributed by atoms with Crippen LogP contribution in [0.2, 0.25) is 5.02 Å². The highest BCUT2D eigenvalue weighted by molar-refractivity contribution is 6.31. The standard InChI is InChI=1S/C11H6ClF5N2/c1-3-5(12)4(2)19(18-3)11-9(16)7(14)6(13)8(15)10(11)17/h1-2H3. The molecule has 0 bridgehead atoms. The molecule has 0 saturated heterocycles. The molecular formula is C11H6ClF5N2. The van der Waals surface area contributed by atoms with Gasteiger partial charge in [0.15, 0.2) is 23.3 Å². The van der Waals surface area contributed by atoms with E-state index in [0.29, 0.717) is 4.68 Å². The molecule has 8 heteroatoms. The average Bonchev–Trinajstić information content (AvgIpc) is 2.62. The predicted octanol–water partition coefficient (Wildman–Crippen LogP) is 3.84. The molecule has 0 N–H and O–H groups in total. The molecular weight excluding hydrogens is 291 g/mol. The second kappa shape index (κ2) is 4.48. The number of rotatable bonds is 1. The molecule has 0 fully saturated rings. The van der Waals surface area contributed by atoms with Gasteiger partial charge >= 0.3 is 0 Å². The Morgan fingerprint density at radius 1 is 0.842 bits per heavy atom. The zero-order valence-corrected chi connectivity index (χ0v) is 10.4. The molecule has 2 aromatic rings. The lowest BCUT2D eigenvalue weighted by molar-refractivity contribution is 0.373. The van der Waals surface area contributed by atoms with Crippen LogP contribution in [-0.2, 0) is 0 Å². The van der Waals surface area contributed by atoms with Crippen LogP contribution < -0.4 is 0 Å². The Bertz CT molecular complexity index is 651. The number of halogens is 6. The Morgan fingerprint density at radius 2 is 1.26 bits per heavy atom. The van der Waals surface area contributed by atoms with Crippen LogP contribution in [0, 0.1) is 42.9 Å². The van der Waals surface area contributed by atoms with Crippen molar-refractivity contribution in [1.82, 2.24) is 9.78 Å². The molecule has 2 nitrogen and oxygen atoms in total. The molecule has 1 aromatic carbocycles. The summed E-state index contributed by atoms with van der Waals surface area (Å²) in [6, 6.07) is 0. The summed E-state index contributed by atoms with van der Waals surface area (Å²) in [5, 5.41) is 3.75. The van der Waals surface area contributed by atoms with Gasteiger partial charge in [0.05, 0.1) is 16.4 Å². The van der Waals surface area contributed by atoms with Gasteiger partial charge in [0.25, 0.3) is 0 Å². The third-order valence-corrected chi connectivity index (χ3v) is 3.15. The predicted molar refractivity (Wildman–Crippen MR) is 57.8 cm³/mol. The maximum absolute atomic E-state index is 13.6. The van der Waals surface area contributed by atoms with Crippen LogP contribution in [0.4, 0.5) is 22.0 Å². The van der Waals surface area contributed by atoms with Crippen molar-refractivity contribution in [3.63, 3.8) is 0 Å². The molecule has 0 aliphatic carbocycles. The van der Waals surface area contributed by atoms with E-state index in [2.05, 4.69) is 5.10 Å². The van der Waals surface area contributed by atoms with Gasteiger partial charge in [-0.25, -0.2) is 26.6 Å². The lowest BCUT2D eigenvalue weighted by Crippen LogP contribution is -2.11. The number of benzene rings is 1. The number of aryl methyl sites for hydroxylation is 1. The van der Waals surface area contributed by atoms with Crippen molar-refractivity contribution in [2.24, 2.45) is 0 Å². The lowest BCUT2D eigenvalue weighted by atomic mass is 10.2. The Morgan fingerprint density at radius 3 is 1.63 bits per heavy atom. The van der Waals surface area contributed by atoms with Gasteiger partial charge in [0.1, 0.15) is 5.69 Å². The fraction of sp³-hybridized carbons (Fsp3) is 0.182. The van der Waals surface area contributed by atoms with Crippen molar-refractivity contribution < 1.29 is 22.0 Å². The molecule has 0 amide bonds. The molecule has 2 rings (SSSR count). The van der Waals surface area contributed by atoms with Gasteiger partial charge < -0.3 is 0 Å². The van der Waals surface area contributed by atoms with E-state index < -0.39 is 34.8 Å². The molecule has 0 atom stereocenters. The van der Waals surface area contributed by atoms with E-state index >= 15 is 0 Å². The number of hydrogen-bond donors (Lipinski definition) is 0. The Hall–Kier alpha value is -1.63. The van der Waals surface area contributed by atoms with Gasteiger partial charge in [-0.2, -0.15) is 5.10 Å².